The summed E-state index contributed by atoms with van der Waals surface area (Å²) in [5.74, 6) is 1.57. The minimum absolute atomic E-state index is 0.773. The van der Waals surface area contributed by atoms with Crippen LogP contribution in [0.15, 0.2) is 22.7 Å². The van der Waals surface area contributed by atoms with E-state index in [1.807, 2.05) is 18.2 Å². The monoisotopic (exact) mass is 348 g/mol. The second-order valence-corrected chi connectivity index (χ2v) is 4.67. The molecule has 0 atom stereocenters. The van der Waals surface area contributed by atoms with Gasteiger partial charge >= 0.3 is 0 Å². The van der Waals surface area contributed by atoms with Gasteiger partial charge in [0.25, 0.3) is 0 Å². The minimum Gasteiger partial charge on any atom is -0.495 e. The Hall–Kier alpha value is -0.480. The van der Waals surface area contributed by atoms with Crippen LogP contribution in [0.2, 0.25) is 0 Å². The van der Waals surface area contributed by atoms with Crippen molar-refractivity contribution in [2.45, 2.75) is 6.42 Å². The van der Waals surface area contributed by atoms with Gasteiger partial charge in [-0.05, 0) is 34.5 Å². The van der Waals surface area contributed by atoms with E-state index in [1.54, 1.807) is 14.2 Å². The summed E-state index contributed by atoms with van der Waals surface area (Å²) in [6.45, 7) is 0. The van der Waals surface area contributed by atoms with E-state index >= 15 is 0 Å². The molecule has 0 aliphatic carbocycles. The predicted molar refractivity (Wildman–Crippen MR) is 74.7 cm³/mol. The third-order valence-corrected chi connectivity index (χ3v) is 3.30. The van der Waals surface area contributed by atoms with Gasteiger partial charge in [-0.2, -0.15) is 0 Å². The van der Waals surface area contributed by atoms with Crippen molar-refractivity contribution in [1.29, 1.82) is 0 Å². The van der Waals surface area contributed by atoms with Crippen molar-refractivity contribution in [3.05, 3.63) is 28.2 Å². The first-order valence-electron chi connectivity index (χ1n) is 4.87. The SMILES string of the molecule is COc1ccc(/C=C/CCBr)c(OC)c1Br. The van der Waals surface area contributed by atoms with Gasteiger partial charge in [0.1, 0.15) is 16.0 Å². The number of allylic oxidation sites excluding steroid dienone is 1. The summed E-state index contributed by atoms with van der Waals surface area (Å²) in [6.07, 6.45) is 5.14. The molecular weight excluding hydrogens is 336 g/mol. The van der Waals surface area contributed by atoms with Gasteiger partial charge in [0, 0.05) is 10.9 Å². The number of ether oxygens (including phenoxy) is 2. The highest BCUT2D eigenvalue weighted by Crippen LogP contribution is 2.37. The highest BCUT2D eigenvalue weighted by Gasteiger charge is 2.10. The number of alkyl halides is 1. The Kier molecular flexibility index (Phi) is 5.91. The fourth-order valence-corrected chi connectivity index (χ4v) is 2.27. The Labute approximate surface area is 113 Å². The van der Waals surface area contributed by atoms with Gasteiger partial charge in [-0.15, -0.1) is 0 Å². The Bertz CT molecular complexity index is 376. The maximum atomic E-state index is 5.36. The topological polar surface area (TPSA) is 18.5 Å². The average molecular weight is 350 g/mol. The second-order valence-electron chi connectivity index (χ2n) is 3.08. The van der Waals surface area contributed by atoms with Crippen LogP contribution in [-0.2, 0) is 0 Å². The summed E-state index contributed by atoms with van der Waals surface area (Å²) >= 11 is 6.85. The first-order chi connectivity index (χ1) is 7.74. The Morgan fingerprint density at radius 1 is 1.25 bits per heavy atom. The first-order valence-corrected chi connectivity index (χ1v) is 6.79. The van der Waals surface area contributed by atoms with Crippen LogP contribution in [0.4, 0.5) is 0 Å². The van der Waals surface area contributed by atoms with E-state index in [4.69, 9.17) is 9.47 Å². The zero-order chi connectivity index (χ0) is 12.0. The molecule has 1 aromatic rings. The van der Waals surface area contributed by atoms with Gasteiger partial charge in [0.2, 0.25) is 0 Å². The van der Waals surface area contributed by atoms with Gasteiger partial charge < -0.3 is 9.47 Å². The molecule has 2 nitrogen and oxygen atoms in total. The summed E-state index contributed by atoms with van der Waals surface area (Å²) in [5.41, 5.74) is 1.04. The zero-order valence-electron chi connectivity index (χ0n) is 9.30. The number of methoxy groups -OCH3 is 2. The molecular formula is C12H14Br2O2. The second kappa shape index (κ2) is 6.97. The number of halogens is 2. The molecule has 0 unspecified atom stereocenters. The van der Waals surface area contributed by atoms with E-state index in [1.165, 1.54) is 0 Å². The number of hydrogen-bond donors (Lipinski definition) is 0. The van der Waals surface area contributed by atoms with Crippen molar-refractivity contribution < 1.29 is 9.47 Å². The van der Waals surface area contributed by atoms with E-state index in [-0.39, 0.29) is 0 Å². The quantitative estimate of drug-likeness (QED) is 0.739. The lowest BCUT2D eigenvalue weighted by Crippen LogP contribution is -1.92. The highest BCUT2D eigenvalue weighted by atomic mass is 79.9. The van der Waals surface area contributed by atoms with Crippen molar-refractivity contribution in [3.63, 3.8) is 0 Å². The molecule has 0 heterocycles. The van der Waals surface area contributed by atoms with Crippen LogP contribution in [0.5, 0.6) is 11.5 Å². The maximum absolute atomic E-state index is 5.36. The summed E-state index contributed by atoms with van der Waals surface area (Å²) < 4.78 is 11.4. The fraction of sp³-hybridized carbons (Fsp3) is 0.333. The Balaban J connectivity index is 3.05. The van der Waals surface area contributed by atoms with E-state index in [9.17, 15) is 0 Å². The molecule has 0 saturated heterocycles. The Morgan fingerprint density at radius 2 is 2.00 bits per heavy atom. The normalized spacial score (nSPS) is 10.8. The molecule has 0 saturated carbocycles. The molecule has 1 rings (SSSR count). The first kappa shape index (κ1) is 13.6. The molecule has 1 aromatic carbocycles. The highest BCUT2D eigenvalue weighted by molar-refractivity contribution is 9.10. The molecule has 4 heteroatoms. The fourth-order valence-electron chi connectivity index (χ4n) is 1.32. The molecule has 0 spiro atoms. The Morgan fingerprint density at radius 3 is 2.56 bits per heavy atom. The largest absolute Gasteiger partial charge is 0.495 e. The molecule has 0 N–H and O–H groups in total. The summed E-state index contributed by atoms with van der Waals surface area (Å²) in [7, 11) is 3.29. The average Bonchev–Trinajstić information content (AvgIpc) is 2.30. The standard InChI is InChI=1S/C12H14Br2O2/c1-15-10-7-6-9(5-3-4-8-13)12(16-2)11(10)14/h3,5-7H,4,8H2,1-2H3/b5-3+. The van der Waals surface area contributed by atoms with Crippen molar-refractivity contribution in [3.8, 4) is 11.5 Å². The van der Waals surface area contributed by atoms with Gasteiger partial charge in [-0.3, -0.25) is 0 Å². The lowest BCUT2D eigenvalue weighted by Gasteiger charge is -2.10. The van der Waals surface area contributed by atoms with Crippen molar-refractivity contribution >= 4 is 37.9 Å². The van der Waals surface area contributed by atoms with Crippen molar-refractivity contribution in [1.82, 2.24) is 0 Å². The molecule has 0 bridgehead atoms. The third kappa shape index (κ3) is 3.25. The molecule has 0 amide bonds. The van der Waals surface area contributed by atoms with Crippen LogP contribution < -0.4 is 9.47 Å². The molecule has 88 valence electrons. The van der Waals surface area contributed by atoms with Crippen molar-refractivity contribution in [2.24, 2.45) is 0 Å². The van der Waals surface area contributed by atoms with E-state index in [0.717, 1.165) is 33.3 Å². The molecule has 0 aliphatic heterocycles. The van der Waals surface area contributed by atoms with Gasteiger partial charge in [0.05, 0.1) is 14.2 Å². The lowest BCUT2D eigenvalue weighted by atomic mass is 10.1. The van der Waals surface area contributed by atoms with Crippen LogP contribution in [0.3, 0.4) is 0 Å². The van der Waals surface area contributed by atoms with Crippen LogP contribution >= 0.6 is 31.9 Å². The van der Waals surface area contributed by atoms with Crippen LogP contribution in [0, 0.1) is 0 Å². The number of hydrogen-bond acceptors (Lipinski definition) is 2. The smallest absolute Gasteiger partial charge is 0.144 e. The minimum atomic E-state index is 0.773. The van der Waals surface area contributed by atoms with Crippen LogP contribution in [0.1, 0.15) is 12.0 Å². The molecule has 0 radical (unpaired) electrons. The number of rotatable bonds is 5. The van der Waals surface area contributed by atoms with Gasteiger partial charge in [-0.25, -0.2) is 0 Å². The van der Waals surface area contributed by atoms with E-state index in [0.29, 0.717) is 0 Å². The summed E-state index contributed by atoms with van der Waals surface area (Å²) in [4.78, 5) is 0. The van der Waals surface area contributed by atoms with E-state index in [2.05, 4.69) is 37.9 Å². The molecule has 0 aliphatic rings. The predicted octanol–water partition coefficient (Wildman–Crippen LogP) is 4.26. The zero-order valence-corrected chi connectivity index (χ0v) is 12.5. The molecule has 16 heavy (non-hydrogen) atoms. The van der Waals surface area contributed by atoms with Crippen LogP contribution in [-0.4, -0.2) is 19.5 Å². The molecule has 0 fully saturated rings. The maximum Gasteiger partial charge on any atom is 0.144 e. The van der Waals surface area contributed by atoms with Crippen LogP contribution in [0.25, 0.3) is 6.08 Å². The van der Waals surface area contributed by atoms with Gasteiger partial charge in [0.15, 0.2) is 0 Å². The number of benzene rings is 1. The van der Waals surface area contributed by atoms with Crippen molar-refractivity contribution in [2.75, 3.05) is 19.5 Å². The summed E-state index contributed by atoms with van der Waals surface area (Å²) in [5, 5.41) is 0.961. The summed E-state index contributed by atoms with van der Waals surface area (Å²) in [6, 6.07) is 3.90. The third-order valence-electron chi connectivity index (χ3n) is 2.09. The van der Waals surface area contributed by atoms with E-state index < -0.39 is 0 Å². The molecule has 0 aromatic heterocycles. The van der Waals surface area contributed by atoms with Gasteiger partial charge in [-0.1, -0.05) is 28.1 Å². The lowest BCUT2D eigenvalue weighted by molar-refractivity contribution is 0.389.